The van der Waals surface area contributed by atoms with E-state index in [-0.39, 0.29) is 46.4 Å². The molecule has 0 radical (unpaired) electrons. The van der Waals surface area contributed by atoms with Crippen molar-refractivity contribution in [3.05, 3.63) is 88.5 Å². The lowest BCUT2D eigenvalue weighted by atomic mass is 9.90. The van der Waals surface area contributed by atoms with Crippen LogP contribution in [0.15, 0.2) is 60.7 Å². The third kappa shape index (κ3) is 9.51. The van der Waals surface area contributed by atoms with Crippen LogP contribution in [-0.2, 0) is 44.6 Å². The summed E-state index contributed by atoms with van der Waals surface area (Å²) < 4.78 is 47.7. The largest absolute Gasteiger partial charge is 0.492 e. The van der Waals surface area contributed by atoms with Crippen LogP contribution in [0.1, 0.15) is 75.3 Å². The minimum absolute atomic E-state index is 0.0220. The molecule has 0 bridgehead atoms. The van der Waals surface area contributed by atoms with Crippen molar-refractivity contribution in [2.24, 2.45) is 5.92 Å². The summed E-state index contributed by atoms with van der Waals surface area (Å²) in [5.74, 6) is -0.426. The SMILES string of the molecule is CCc1cc(N2C(=S)N(c3ccc(C#N)c(C(F)(F)F)c3)C(=O)C2(C)C)ccc1OCCN1C[C@H](C)N(CC(=O)Cc2cccc(CC3CCC(=O)NC3=O)c2)C[C@H]1C. The molecule has 0 saturated carbocycles. The third-order valence-electron chi connectivity index (χ3n) is 11.5. The van der Waals surface area contributed by atoms with E-state index in [1.165, 1.54) is 6.07 Å². The number of hydrogen-bond donors (Lipinski definition) is 1. The molecule has 3 amide bonds. The number of imide groups is 1. The van der Waals surface area contributed by atoms with Gasteiger partial charge < -0.3 is 9.64 Å². The number of piperidine rings is 1. The van der Waals surface area contributed by atoms with Crippen LogP contribution in [0.4, 0.5) is 24.5 Å². The van der Waals surface area contributed by atoms with E-state index in [9.17, 15) is 37.6 Å². The predicted octanol–water partition coefficient (Wildman–Crippen LogP) is 6.24. The number of benzene rings is 3. The molecule has 59 heavy (non-hydrogen) atoms. The quantitative estimate of drug-likeness (QED) is 0.157. The van der Waals surface area contributed by atoms with Crippen LogP contribution in [0, 0.1) is 17.2 Å². The van der Waals surface area contributed by atoms with Crippen molar-refractivity contribution in [2.75, 3.05) is 42.6 Å². The number of nitriles is 1. The van der Waals surface area contributed by atoms with Crippen LogP contribution in [-0.4, -0.2) is 88.8 Å². The molecule has 3 aliphatic rings. The number of ketones is 1. The second-order valence-electron chi connectivity index (χ2n) is 16.2. The molecule has 3 heterocycles. The lowest BCUT2D eigenvalue weighted by Crippen LogP contribution is -2.58. The molecule has 3 saturated heterocycles. The number of thiocarbonyl (C=S) groups is 1. The highest BCUT2D eigenvalue weighted by molar-refractivity contribution is 7.81. The summed E-state index contributed by atoms with van der Waals surface area (Å²) >= 11 is 5.73. The minimum Gasteiger partial charge on any atom is -0.492 e. The number of anilines is 2. The van der Waals surface area contributed by atoms with Crippen LogP contribution in [0.2, 0.25) is 0 Å². The normalized spacial score (nSPS) is 21.4. The summed E-state index contributed by atoms with van der Waals surface area (Å²) in [6, 6.07) is 18.3. The van der Waals surface area contributed by atoms with Gasteiger partial charge in [0.1, 0.15) is 17.9 Å². The standard InChI is InChI=1S/C44H49F3N6O5S/c1-6-31-21-35(53-42(59)52(41(57)43(53,4)5)34-12-10-33(23-48)37(22-34)44(45,46)47)13-14-38(31)58-17-16-50-24-28(3)51(25-27(50)2)26-36(54)20-30-9-7-8-29(18-30)19-32-11-15-39(55)49-40(32)56/h7-10,12-14,18,21-22,27-28,32H,6,11,15-17,19-20,24-26H2,1-5H3,(H,49,55,56)/t27-,28+,32?/m1/s1. The predicted molar refractivity (Wildman–Crippen MR) is 221 cm³/mol. The number of carbonyl (C=O) groups excluding carboxylic acids is 4. The summed E-state index contributed by atoms with van der Waals surface area (Å²) in [5.41, 5.74) is 0.373. The van der Waals surface area contributed by atoms with E-state index in [0.29, 0.717) is 63.2 Å². The van der Waals surface area contributed by atoms with Gasteiger partial charge in [-0.3, -0.25) is 39.2 Å². The monoisotopic (exact) mass is 830 g/mol. The van der Waals surface area contributed by atoms with E-state index in [0.717, 1.165) is 46.8 Å². The van der Waals surface area contributed by atoms with Crippen molar-refractivity contribution in [2.45, 2.75) is 90.5 Å². The van der Waals surface area contributed by atoms with Crippen molar-refractivity contribution in [3.63, 3.8) is 0 Å². The molecular weight excluding hydrogens is 782 g/mol. The molecule has 3 aromatic carbocycles. The number of Topliss-reactive ketones (excluding diaryl/α,β-unsaturated/α-hetero) is 1. The molecule has 1 N–H and O–H groups in total. The summed E-state index contributed by atoms with van der Waals surface area (Å²) in [6.45, 7) is 12.5. The van der Waals surface area contributed by atoms with Gasteiger partial charge in [0, 0.05) is 56.2 Å². The summed E-state index contributed by atoms with van der Waals surface area (Å²) in [7, 11) is 0. The van der Waals surface area contributed by atoms with Gasteiger partial charge in [0.05, 0.1) is 29.4 Å². The first-order valence-corrected chi connectivity index (χ1v) is 20.3. The Balaban J connectivity index is 1.03. The molecule has 3 fully saturated rings. The molecule has 0 spiro atoms. The van der Waals surface area contributed by atoms with Gasteiger partial charge in [-0.15, -0.1) is 0 Å². The Bertz CT molecular complexity index is 2190. The van der Waals surface area contributed by atoms with Crippen molar-refractivity contribution in [1.82, 2.24) is 15.1 Å². The Morgan fingerprint density at radius 2 is 1.68 bits per heavy atom. The van der Waals surface area contributed by atoms with E-state index >= 15 is 0 Å². The van der Waals surface area contributed by atoms with Crippen LogP contribution in [0.5, 0.6) is 5.75 Å². The number of hydrogen-bond acceptors (Lipinski definition) is 9. The molecular formula is C44H49F3N6O5S. The van der Waals surface area contributed by atoms with Crippen LogP contribution in [0.3, 0.4) is 0 Å². The van der Waals surface area contributed by atoms with E-state index in [2.05, 4.69) is 29.0 Å². The zero-order valence-corrected chi connectivity index (χ0v) is 34.7. The second-order valence-corrected chi connectivity index (χ2v) is 16.5. The fraction of sp³-hybridized carbons (Fsp3) is 0.455. The molecule has 0 aromatic heterocycles. The van der Waals surface area contributed by atoms with Gasteiger partial charge >= 0.3 is 6.18 Å². The average molecular weight is 831 g/mol. The smallest absolute Gasteiger partial charge is 0.417 e. The Kier molecular flexibility index (Phi) is 12.9. The number of piperazine rings is 1. The maximum absolute atomic E-state index is 13.8. The first-order chi connectivity index (χ1) is 27.9. The fourth-order valence-electron chi connectivity index (χ4n) is 8.25. The highest BCUT2D eigenvalue weighted by atomic mass is 32.1. The Morgan fingerprint density at radius 3 is 2.37 bits per heavy atom. The van der Waals surface area contributed by atoms with Gasteiger partial charge in [-0.1, -0.05) is 31.2 Å². The molecule has 11 nitrogen and oxygen atoms in total. The molecule has 15 heteroatoms. The number of rotatable bonds is 13. The number of nitrogens with zero attached hydrogens (tertiary/aromatic N) is 5. The molecule has 3 aromatic rings. The van der Waals surface area contributed by atoms with E-state index in [1.54, 1.807) is 30.9 Å². The molecule has 6 rings (SSSR count). The summed E-state index contributed by atoms with van der Waals surface area (Å²) in [6.07, 6.45) is -2.49. The number of halogens is 3. The molecule has 0 aliphatic carbocycles. The lowest BCUT2D eigenvalue weighted by molar-refractivity contribution is -0.138. The van der Waals surface area contributed by atoms with Crippen molar-refractivity contribution >= 4 is 52.2 Å². The van der Waals surface area contributed by atoms with Gasteiger partial charge in [-0.05, 0) is 112 Å². The average Bonchev–Trinajstić information content (AvgIpc) is 3.35. The number of nitrogens with one attached hydrogen (secondary N) is 1. The van der Waals surface area contributed by atoms with E-state index < -0.39 is 28.7 Å². The van der Waals surface area contributed by atoms with Gasteiger partial charge in [0.15, 0.2) is 10.9 Å². The summed E-state index contributed by atoms with van der Waals surface area (Å²) in [4.78, 5) is 58.0. The fourth-order valence-corrected chi connectivity index (χ4v) is 8.77. The minimum atomic E-state index is -4.79. The van der Waals surface area contributed by atoms with Gasteiger partial charge in [0.25, 0.3) is 5.91 Å². The van der Waals surface area contributed by atoms with E-state index in [1.807, 2.05) is 43.3 Å². The molecule has 3 atom stereocenters. The third-order valence-corrected chi connectivity index (χ3v) is 11.9. The van der Waals surface area contributed by atoms with Gasteiger partial charge in [-0.2, -0.15) is 18.4 Å². The number of ether oxygens (including phenoxy) is 1. The molecule has 312 valence electrons. The first kappa shape index (κ1) is 43.4. The van der Waals surface area contributed by atoms with Crippen molar-refractivity contribution in [1.29, 1.82) is 5.26 Å². The maximum atomic E-state index is 13.8. The van der Waals surface area contributed by atoms with Crippen LogP contribution in [0.25, 0.3) is 0 Å². The maximum Gasteiger partial charge on any atom is 0.417 e. The number of aryl methyl sites for hydroxylation is 1. The molecule has 1 unspecified atom stereocenters. The van der Waals surface area contributed by atoms with E-state index in [4.69, 9.17) is 17.0 Å². The zero-order valence-electron chi connectivity index (χ0n) is 33.9. The lowest BCUT2D eigenvalue weighted by Gasteiger charge is -2.43. The van der Waals surface area contributed by atoms with Crippen LogP contribution < -0.4 is 19.9 Å². The summed E-state index contributed by atoms with van der Waals surface area (Å²) in [5, 5.41) is 11.7. The van der Waals surface area contributed by atoms with Crippen molar-refractivity contribution in [3.8, 4) is 11.8 Å². The Hall–Kier alpha value is -5.17. The number of carbonyl (C=O) groups is 4. The Labute approximate surface area is 348 Å². The number of amides is 3. The first-order valence-electron chi connectivity index (χ1n) is 19.9. The van der Waals surface area contributed by atoms with Crippen LogP contribution >= 0.6 is 12.2 Å². The number of alkyl halides is 3. The second kappa shape index (κ2) is 17.6. The van der Waals surface area contributed by atoms with Gasteiger partial charge in [0.2, 0.25) is 11.8 Å². The highest BCUT2D eigenvalue weighted by Gasteiger charge is 2.51. The van der Waals surface area contributed by atoms with Gasteiger partial charge in [-0.25, -0.2) is 0 Å². The van der Waals surface area contributed by atoms with Crippen molar-refractivity contribution < 1.29 is 37.1 Å². The molecule has 3 aliphatic heterocycles. The zero-order chi connectivity index (χ0) is 42.8. The topological polar surface area (TPSA) is 126 Å². The highest BCUT2D eigenvalue weighted by Crippen LogP contribution is 2.40. The Morgan fingerprint density at radius 1 is 0.983 bits per heavy atom.